The predicted molar refractivity (Wildman–Crippen MR) is 295 cm³/mol. The molecular weight excluding hydrogens is 961 g/mol. The third-order valence-electron chi connectivity index (χ3n) is 12.1. The highest BCUT2D eigenvalue weighted by Gasteiger charge is 2.23. The van der Waals surface area contributed by atoms with Gasteiger partial charge in [-0.2, -0.15) is 10.2 Å². The number of aryl methyl sites for hydroxylation is 2. The third kappa shape index (κ3) is 11.2. The number of aromatic hydroxyl groups is 2. The van der Waals surface area contributed by atoms with Crippen molar-refractivity contribution in [3.63, 3.8) is 0 Å². The van der Waals surface area contributed by atoms with Gasteiger partial charge in [0.2, 0.25) is 0 Å². The molecule has 0 bridgehead atoms. The number of hydrogen-bond donors (Lipinski definition) is 6. The van der Waals surface area contributed by atoms with Crippen molar-refractivity contribution < 1.29 is 38.9 Å². The van der Waals surface area contributed by atoms with Crippen LogP contribution in [0.3, 0.4) is 0 Å². The Kier molecular flexibility index (Phi) is 15.1. The first-order valence-corrected chi connectivity index (χ1v) is 24.2. The minimum absolute atomic E-state index is 0.0355. The summed E-state index contributed by atoms with van der Waals surface area (Å²) in [7, 11) is 0. The van der Waals surface area contributed by atoms with Crippen molar-refractivity contribution >= 4 is 90.7 Å². The zero-order valence-electron chi connectivity index (χ0n) is 41.7. The summed E-state index contributed by atoms with van der Waals surface area (Å²) < 4.78 is 11.5. The maximum atomic E-state index is 14.2. The van der Waals surface area contributed by atoms with Crippen LogP contribution in [0.2, 0.25) is 0 Å². The average Bonchev–Trinajstić information content (AvgIpc) is 3.44. The Bertz CT molecular complexity index is 3750. The molecule has 0 saturated heterocycles. The molecule has 0 radical (unpaired) electrons. The normalized spacial score (nSPS) is 11.2. The number of carbonyl (C=O) groups is 4. The molecule has 0 aromatic heterocycles. The third-order valence-corrected chi connectivity index (χ3v) is 12.1. The Balaban J connectivity index is 0.953. The Hall–Kier alpha value is -10.2. The van der Waals surface area contributed by atoms with Gasteiger partial charge in [0.1, 0.15) is 22.9 Å². The number of hydrogen-bond acceptors (Lipinski definition) is 12. The first kappa shape index (κ1) is 50.7. The molecule has 0 aliphatic carbocycles. The van der Waals surface area contributed by atoms with Crippen molar-refractivity contribution in [3.05, 3.63) is 203 Å². The SMILES string of the molecule is CCOc1ccc(N=Nc2c(O)c(C(=O)Nc3cc(C)c(NC(=O)c4cc5ccccc5c(N=Nc5ccc(OCC)c(C(=O)Nc6ccccc6)c5)c4O)c(C)c3)cc3ccccc23)cc1C(=O)Nc1ccccc1. The predicted octanol–water partition coefficient (Wildman–Crippen LogP) is 14.7. The van der Waals surface area contributed by atoms with Crippen molar-refractivity contribution in [2.75, 3.05) is 34.5 Å². The van der Waals surface area contributed by atoms with Gasteiger partial charge in [0.25, 0.3) is 23.6 Å². The quantitative estimate of drug-likeness (QED) is 0.0509. The van der Waals surface area contributed by atoms with Crippen LogP contribution in [-0.2, 0) is 0 Å². The Morgan fingerprint density at radius 1 is 0.421 bits per heavy atom. The number of phenols is 2. The number of ether oxygens (including phenoxy) is 2. The van der Waals surface area contributed by atoms with Gasteiger partial charge in [0.05, 0.1) is 46.8 Å². The van der Waals surface area contributed by atoms with Gasteiger partial charge >= 0.3 is 0 Å². The summed E-state index contributed by atoms with van der Waals surface area (Å²) in [4.78, 5) is 55.1. The molecule has 0 aliphatic heterocycles. The lowest BCUT2D eigenvalue weighted by molar-refractivity contribution is 0.101. The lowest BCUT2D eigenvalue weighted by atomic mass is 10.0. The molecule has 0 unspecified atom stereocenters. The van der Waals surface area contributed by atoms with Crippen LogP contribution in [0.25, 0.3) is 21.5 Å². The van der Waals surface area contributed by atoms with E-state index < -0.39 is 35.1 Å². The Morgan fingerprint density at radius 3 is 1.24 bits per heavy atom. The van der Waals surface area contributed by atoms with E-state index in [1.54, 1.807) is 135 Å². The maximum absolute atomic E-state index is 14.2. The first-order valence-electron chi connectivity index (χ1n) is 24.2. The standard InChI is InChI=1S/C60H50N8O8/c1-5-75-50-27-25-41(33-46(50)57(71)61-39-19-9-7-10-20-39)65-67-53-44-23-15-13-17-37(44)31-48(55(53)69)59(73)63-43-29-35(3)52(36(4)30-43)64-60(74)49-32-38-18-14-16-24-45(38)54(56(49)70)68-66-42-26-28-51(76-6-2)47(34-42)58(72)62-40-21-11-8-12-22-40/h7-34,69-70H,5-6H2,1-4H3,(H,61,71)(H,62,72)(H,63,73)(H,64,74). The van der Waals surface area contributed by atoms with Gasteiger partial charge in [-0.15, -0.1) is 10.2 Å². The summed E-state index contributed by atoms with van der Waals surface area (Å²) >= 11 is 0. The molecule has 6 N–H and O–H groups in total. The molecule has 0 spiro atoms. The van der Waals surface area contributed by atoms with Crippen LogP contribution in [0.4, 0.5) is 45.5 Å². The molecular formula is C60H50N8O8. The largest absolute Gasteiger partial charge is 0.505 e. The van der Waals surface area contributed by atoms with Crippen LogP contribution >= 0.6 is 0 Å². The second-order valence-electron chi connectivity index (χ2n) is 17.3. The smallest absolute Gasteiger partial charge is 0.259 e. The lowest BCUT2D eigenvalue weighted by Gasteiger charge is -2.16. The van der Waals surface area contributed by atoms with Gasteiger partial charge in [0.15, 0.2) is 11.5 Å². The number of para-hydroxylation sites is 2. The number of nitrogens with zero attached hydrogens (tertiary/aromatic N) is 4. The monoisotopic (exact) mass is 1010 g/mol. The van der Waals surface area contributed by atoms with Crippen LogP contribution in [0.1, 0.15) is 66.4 Å². The van der Waals surface area contributed by atoms with E-state index in [4.69, 9.17) is 9.47 Å². The van der Waals surface area contributed by atoms with Crippen LogP contribution < -0.4 is 30.7 Å². The summed E-state index contributed by atoms with van der Waals surface area (Å²) in [5.41, 5.74) is 4.12. The fraction of sp³-hybridized carbons (Fsp3) is 0.100. The average molecular weight is 1010 g/mol. The fourth-order valence-corrected chi connectivity index (χ4v) is 8.53. The summed E-state index contributed by atoms with van der Waals surface area (Å²) in [6.07, 6.45) is 0. The number of nitrogens with one attached hydrogen (secondary N) is 4. The molecule has 378 valence electrons. The summed E-state index contributed by atoms with van der Waals surface area (Å²) in [5.74, 6) is -2.24. The van der Waals surface area contributed by atoms with E-state index in [-0.39, 0.29) is 33.6 Å². The van der Waals surface area contributed by atoms with Gasteiger partial charge in [0, 0.05) is 33.5 Å². The molecule has 9 aromatic rings. The topological polar surface area (TPSA) is 225 Å². The van der Waals surface area contributed by atoms with E-state index in [2.05, 4.69) is 41.7 Å². The fourth-order valence-electron chi connectivity index (χ4n) is 8.53. The Morgan fingerprint density at radius 2 is 0.803 bits per heavy atom. The second-order valence-corrected chi connectivity index (χ2v) is 17.3. The minimum Gasteiger partial charge on any atom is -0.505 e. The van der Waals surface area contributed by atoms with Crippen molar-refractivity contribution in [1.82, 2.24) is 0 Å². The zero-order valence-corrected chi connectivity index (χ0v) is 41.7. The van der Waals surface area contributed by atoms with Crippen molar-refractivity contribution in [3.8, 4) is 23.0 Å². The minimum atomic E-state index is -0.643. The number of fused-ring (bicyclic) bond motifs is 2. The number of phenolic OH excluding ortho intramolecular Hbond substituents is 2. The lowest BCUT2D eigenvalue weighted by Crippen LogP contribution is -2.16. The summed E-state index contributed by atoms with van der Waals surface area (Å²) in [6, 6.07) is 48.2. The molecule has 0 fully saturated rings. The highest BCUT2D eigenvalue weighted by Crippen LogP contribution is 2.42. The van der Waals surface area contributed by atoms with Gasteiger partial charge in [-0.25, -0.2) is 0 Å². The summed E-state index contributed by atoms with van der Waals surface area (Å²) in [5, 5.41) is 54.9. The van der Waals surface area contributed by atoms with E-state index >= 15 is 0 Å². The van der Waals surface area contributed by atoms with E-state index in [0.717, 1.165) is 0 Å². The van der Waals surface area contributed by atoms with Gasteiger partial charge in [-0.05, 0) is 135 Å². The van der Waals surface area contributed by atoms with E-state index in [1.165, 1.54) is 12.1 Å². The maximum Gasteiger partial charge on any atom is 0.259 e. The molecule has 9 aromatic carbocycles. The molecule has 16 heteroatoms. The number of azo groups is 2. The molecule has 0 atom stereocenters. The molecule has 0 aliphatic rings. The molecule has 0 saturated carbocycles. The number of anilines is 4. The van der Waals surface area contributed by atoms with Crippen molar-refractivity contribution in [2.45, 2.75) is 27.7 Å². The number of rotatable bonds is 16. The number of carbonyl (C=O) groups excluding carboxylic acids is 4. The highest BCUT2D eigenvalue weighted by atomic mass is 16.5. The molecule has 9 rings (SSSR count). The van der Waals surface area contributed by atoms with E-state index in [0.29, 0.717) is 91.5 Å². The molecule has 4 amide bonds. The van der Waals surface area contributed by atoms with E-state index in [9.17, 15) is 29.4 Å². The molecule has 0 heterocycles. The summed E-state index contributed by atoms with van der Waals surface area (Å²) in [6.45, 7) is 7.79. The van der Waals surface area contributed by atoms with Crippen LogP contribution in [-0.4, -0.2) is 47.1 Å². The van der Waals surface area contributed by atoms with Crippen molar-refractivity contribution in [2.24, 2.45) is 20.5 Å². The second kappa shape index (κ2) is 22.7. The first-order chi connectivity index (χ1) is 36.9. The van der Waals surface area contributed by atoms with Gasteiger partial charge < -0.3 is 41.0 Å². The van der Waals surface area contributed by atoms with Gasteiger partial charge in [-0.3, -0.25) is 19.2 Å². The highest BCUT2D eigenvalue weighted by molar-refractivity contribution is 6.14. The zero-order chi connectivity index (χ0) is 53.3. The van der Waals surface area contributed by atoms with Gasteiger partial charge in [-0.1, -0.05) is 84.9 Å². The number of benzene rings is 9. The van der Waals surface area contributed by atoms with Crippen LogP contribution in [0.5, 0.6) is 23.0 Å². The molecule has 16 nitrogen and oxygen atoms in total. The van der Waals surface area contributed by atoms with E-state index in [1.807, 2.05) is 50.2 Å². The Labute approximate surface area is 436 Å². The van der Waals surface area contributed by atoms with Crippen molar-refractivity contribution in [1.29, 1.82) is 0 Å². The number of amides is 4. The van der Waals surface area contributed by atoms with Crippen LogP contribution in [0.15, 0.2) is 190 Å². The van der Waals surface area contributed by atoms with Crippen LogP contribution in [0, 0.1) is 13.8 Å². The molecule has 76 heavy (non-hydrogen) atoms.